The van der Waals surface area contributed by atoms with Gasteiger partial charge in [0, 0.05) is 17.3 Å². The van der Waals surface area contributed by atoms with E-state index in [1.165, 1.54) is 12.8 Å². The first-order valence-corrected chi connectivity index (χ1v) is 12.9. The van der Waals surface area contributed by atoms with Crippen LogP contribution in [0.5, 0.6) is 0 Å². The normalized spacial score (nSPS) is 30.1. The van der Waals surface area contributed by atoms with Gasteiger partial charge in [0.25, 0.3) is 5.56 Å². The Morgan fingerprint density at radius 2 is 1.83 bits per heavy atom. The molecule has 3 aliphatic rings. The molecule has 4 rings (SSSR count). The summed E-state index contributed by atoms with van der Waals surface area (Å²) in [6.07, 6.45) is 8.18. The third kappa shape index (κ3) is 4.78. The quantitative estimate of drug-likeness (QED) is 0.732. The van der Waals surface area contributed by atoms with Gasteiger partial charge in [-0.15, -0.1) is 0 Å². The zero-order valence-corrected chi connectivity index (χ0v) is 18.4. The first kappa shape index (κ1) is 21.1. The van der Waals surface area contributed by atoms with Gasteiger partial charge in [-0.3, -0.25) is 4.79 Å². The molecule has 2 saturated carbocycles. The number of fused-ring (bicyclic) bond motifs is 1. The molecule has 1 aromatic rings. The van der Waals surface area contributed by atoms with Crippen LogP contribution < -0.4 is 10.3 Å². The summed E-state index contributed by atoms with van der Waals surface area (Å²) < 4.78 is 35.6. The highest BCUT2D eigenvalue weighted by atomic mass is 32.2. The molecule has 2 aliphatic carbocycles. The molecule has 2 heterocycles. The zero-order chi connectivity index (χ0) is 20.6. The number of pyridine rings is 1. The highest BCUT2D eigenvalue weighted by molar-refractivity contribution is 7.89. The van der Waals surface area contributed by atoms with Gasteiger partial charge in [-0.25, -0.2) is 13.1 Å². The minimum Gasteiger partial charge on any atom is -0.376 e. The van der Waals surface area contributed by atoms with E-state index in [9.17, 15) is 13.2 Å². The summed E-state index contributed by atoms with van der Waals surface area (Å²) in [7, 11) is -3.35. The average Bonchev–Trinajstić information content (AvgIpc) is 3.53. The van der Waals surface area contributed by atoms with E-state index in [-0.39, 0.29) is 29.5 Å². The maximum absolute atomic E-state index is 13.3. The van der Waals surface area contributed by atoms with Gasteiger partial charge in [-0.05, 0) is 76.2 Å². The van der Waals surface area contributed by atoms with Crippen molar-refractivity contribution in [2.24, 2.45) is 5.92 Å². The molecule has 2 atom stereocenters. The molecule has 0 unspecified atom stereocenters. The van der Waals surface area contributed by atoms with Gasteiger partial charge < -0.3 is 9.30 Å². The molecule has 0 aromatic carbocycles. The number of hydrogen-bond donors (Lipinski definition) is 1. The van der Waals surface area contributed by atoms with Crippen LogP contribution in [0.25, 0.3) is 0 Å². The van der Waals surface area contributed by atoms with Crippen molar-refractivity contribution in [1.29, 1.82) is 0 Å². The lowest BCUT2D eigenvalue weighted by molar-refractivity contribution is -0.00540. The fraction of sp³-hybridized carbons (Fsp3) is 0.773. The van der Waals surface area contributed by atoms with Crippen LogP contribution in [0.2, 0.25) is 0 Å². The maximum atomic E-state index is 13.3. The Kier molecular flexibility index (Phi) is 6.19. The number of rotatable bonds is 7. The predicted octanol–water partition coefficient (Wildman–Crippen LogP) is 3.12. The van der Waals surface area contributed by atoms with Gasteiger partial charge >= 0.3 is 0 Å². The highest BCUT2D eigenvalue weighted by Gasteiger charge is 2.36. The number of nitrogens with zero attached hydrogens (tertiary/aromatic N) is 1. The number of hydrogen-bond acceptors (Lipinski definition) is 4. The molecule has 0 spiro atoms. The molecule has 0 radical (unpaired) electrons. The molecule has 29 heavy (non-hydrogen) atoms. The van der Waals surface area contributed by atoms with E-state index in [0.29, 0.717) is 25.4 Å². The van der Waals surface area contributed by atoms with Crippen molar-refractivity contribution < 1.29 is 13.2 Å². The van der Waals surface area contributed by atoms with Gasteiger partial charge in [0.15, 0.2) is 0 Å². The molecule has 0 amide bonds. The lowest BCUT2D eigenvalue weighted by Crippen LogP contribution is -2.50. The molecule has 2 fully saturated rings. The van der Waals surface area contributed by atoms with Crippen LogP contribution in [0.1, 0.15) is 82.0 Å². The Bertz CT molecular complexity index is 883. The Morgan fingerprint density at radius 3 is 2.48 bits per heavy atom. The van der Waals surface area contributed by atoms with Crippen molar-refractivity contribution in [2.45, 2.75) is 89.3 Å². The molecule has 162 valence electrons. The molecule has 7 heteroatoms. The third-order valence-electron chi connectivity index (χ3n) is 6.93. The topological polar surface area (TPSA) is 77.4 Å². The van der Waals surface area contributed by atoms with Crippen LogP contribution in [0.4, 0.5) is 0 Å². The molecule has 1 aromatic heterocycles. The van der Waals surface area contributed by atoms with Crippen LogP contribution in [0.3, 0.4) is 0 Å². The summed E-state index contributed by atoms with van der Waals surface area (Å²) in [5.74, 6) is 1.16. The van der Waals surface area contributed by atoms with Gasteiger partial charge in [0.05, 0.1) is 24.5 Å². The van der Waals surface area contributed by atoms with E-state index < -0.39 is 10.0 Å². The molecule has 6 nitrogen and oxygen atoms in total. The van der Waals surface area contributed by atoms with Crippen LogP contribution in [-0.4, -0.2) is 37.5 Å². The maximum Gasteiger partial charge on any atom is 0.254 e. The van der Waals surface area contributed by atoms with E-state index in [1.54, 1.807) is 6.92 Å². The number of aryl methyl sites for hydroxylation is 1. The number of ether oxygens (including phenoxy) is 1. The molecular formula is C22H34N2O4S. The molecule has 0 saturated heterocycles. The van der Waals surface area contributed by atoms with Gasteiger partial charge in [0.2, 0.25) is 10.0 Å². The lowest BCUT2D eigenvalue weighted by Gasteiger charge is -2.37. The minimum atomic E-state index is -3.35. The molecular weight excluding hydrogens is 388 g/mol. The summed E-state index contributed by atoms with van der Waals surface area (Å²) >= 11 is 0. The summed E-state index contributed by atoms with van der Waals surface area (Å²) in [5, 5.41) is 0. The van der Waals surface area contributed by atoms with E-state index in [2.05, 4.69) is 17.7 Å². The Balaban J connectivity index is 1.60. The van der Waals surface area contributed by atoms with Crippen molar-refractivity contribution in [3.63, 3.8) is 0 Å². The van der Waals surface area contributed by atoms with Crippen LogP contribution in [0, 0.1) is 5.92 Å². The Morgan fingerprint density at radius 1 is 1.10 bits per heavy atom. The third-order valence-corrected chi connectivity index (χ3v) is 8.35. The van der Waals surface area contributed by atoms with Crippen molar-refractivity contribution in [3.05, 3.63) is 33.7 Å². The van der Waals surface area contributed by atoms with E-state index >= 15 is 0 Å². The first-order valence-electron chi connectivity index (χ1n) is 11.2. The van der Waals surface area contributed by atoms with Crippen molar-refractivity contribution >= 4 is 10.0 Å². The Hall–Kier alpha value is -1.18. The summed E-state index contributed by atoms with van der Waals surface area (Å²) in [6.45, 7) is 4.31. The van der Waals surface area contributed by atoms with Gasteiger partial charge in [-0.1, -0.05) is 13.0 Å². The SMILES string of the molecule is CCS(=O)(=O)N[C@H]1CCc2ccc(C3CC3)c(=O)n2[C@H]1COC1CCC(C)CC1. The summed E-state index contributed by atoms with van der Waals surface area (Å²) in [5.41, 5.74) is 1.93. The number of aromatic nitrogens is 1. The van der Waals surface area contributed by atoms with Crippen molar-refractivity contribution in [2.75, 3.05) is 12.4 Å². The second-order valence-electron chi connectivity index (χ2n) is 9.18. The standard InChI is InChI=1S/C22H34N2O4S/c1-3-29(26,27)23-20-13-9-17-8-12-19(16-6-7-16)22(25)24(17)21(20)14-28-18-10-4-15(2)5-11-18/h8,12,15-16,18,20-21,23H,3-7,9-11,13-14H2,1-2H3/t15?,18?,20-,21-/m0/s1. The molecule has 0 bridgehead atoms. The van der Waals surface area contributed by atoms with Crippen molar-refractivity contribution in [1.82, 2.24) is 9.29 Å². The van der Waals surface area contributed by atoms with Gasteiger partial charge in [-0.2, -0.15) is 0 Å². The van der Waals surface area contributed by atoms with E-state index in [0.717, 1.165) is 42.9 Å². The number of nitrogens with one attached hydrogen (secondary N) is 1. The summed E-state index contributed by atoms with van der Waals surface area (Å²) in [6, 6.07) is 3.46. The number of sulfonamides is 1. The van der Waals surface area contributed by atoms with E-state index in [4.69, 9.17) is 4.74 Å². The van der Waals surface area contributed by atoms with Crippen LogP contribution >= 0.6 is 0 Å². The van der Waals surface area contributed by atoms with Crippen molar-refractivity contribution in [3.8, 4) is 0 Å². The summed E-state index contributed by atoms with van der Waals surface area (Å²) in [4.78, 5) is 13.3. The average molecular weight is 423 g/mol. The lowest BCUT2D eigenvalue weighted by atomic mass is 9.89. The molecule has 1 aliphatic heterocycles. The Labute approximate surface area is 174 Å². The fourth-order valence-electron chi connectivity index (χ4n) is 4.83. The second kappa shape index (κ2) is 8.52. The van der Waals surface area contributed by atoms with Gasteiger partial charge in [0.1, 0.15) is 0 Å². The minimum absolute atomic E-state index is 0.0431. The largest absolute Gasteiger partial charge is 0.376 e. The predicted molar refractivity (Wildman–Crippen MR) is 114 cm³/mol. The highest BCUT2D eigenvalue weighted by Crippen LogP contribution is 2.39. The van der Waals surface area contributed by atoms with Crippen LogP contribution in [-0.2, 0) is 21.2 Å². The van der Waals surface area contributed by atoms with Crippen LogP contribution in [0.15, 0.2) is 16.9 Å². The zero-order valence-electron chi connectivity index (χ0n) is 17.6. The smallest absolute Gasteiger partial charge is 0.254 e. The first-order chi connectivity index (χ1) is 13.9. The molecule has 1 N–H and O–H groups in total. The second-order valence-corrected chi connectivity index (χ2v) is 11.2. The van der Waals surface area contributed by atoms with E-state index in [1.807, 2.05) is 10.6 Å². The fourth-order valence-corrected chi connectivity index (χ4v) is 5.73. The monoisotopic (exact) mass is 422 g/mol.